The summed E-state index contributed by atoms with van der Waals surface area (Å²) in [5.41, 5.74) is 0.827. The first-order valence-electron chi connectivity index (χ1n) is 6.60. The monoisotopic (exact) mass is 414 g/mol. The topological polar surface area (TPSA) is 38.7 Å². The first-order valence-corrected chi connectivity index (χ1v) is 8.18. The average molecular weight is 416 g/mol. The maximum Gasteiger partial charge on any atom is 0.147 e. The van der Waals surface area contributed by atoms with Gasteiger partial charge in [0.15, 0.2) is 0 Å². The molecular weight excluding hydrogens is 400 g/mol. The second-order valence-electron chi connectivity index (χ2n) is 4.41. The molecule has 0 aliphatic rings. The zero-order valence-electron chi connectivity index (χ0n) is 11.4. The number of ether oxygens (including phenoxy) is 2. The molecule has 2 aromatic carbocycles. The molecule has 2 aromatic rings. The van der Waals surface area contributed by atoms with E-state index in [4.69, 9.17) is 14.6 Å². The maximum atomic E-state index is 9.13. The largest absolute Gasteiger partial charge is 0.493 e. The van der Waals surface area contributed by atoms with Crippen molar-refractivity contribution >= 4 is 31.9 Å². The van der Waals surface area contributed by atoms with Crippen molar-refractivity contribution in [1.29, 1.82) is 0 Å². The van der Waals surface area contributed by atoms with Gasteiger partial charge in [-0.05, 0) is 61.7 Å². The number of aliphatic hydroxyl groups excluding tert-OH is 1. The van der Waals surface area contributed by atoms with Crippen LogP contribution in [0.4, 0.5) is 0 Å². The summed E-state index contributed by atoms with van der Waals surface area (Å²) < 4.78 is 13.0. The quantitative estimate of drug-likeness (QED) is 0.674. The molecule has 0 atom stereocenters. The third kappa shape index (κ3) is 5.02. The van der Waals surface area contributed by atoms with E-state index in [1.54, 1.807) is 0 Å². The first kappa shape index (κ1) is 16.3. The van der Waals surface area contributed by atoms with Crippen LogP contribution in [0.1, 0.15) is 12.0 Å². The fourth-order valence-corrected chi connectivity index (χ4v) is 3.29. The molecule has 0 radical (unpaired) electrons. The summed E-state index contributed by atoms with van der Waals surface area (Å²) in [6.45, 7) is 1.17. The molecule has 0 unspecified atom stereocenters. The molecule has 5 heteroatoms. The molecule has 0 bridgehead atoms. The lowest BCUT2D eigenvalue weighted by Crippen LogP contribution is -2.05. The predicted octanol–water partition coefficient (Wildman–Crippen LogP) is 4.55. The second kappa shape index (κ2) is 8.41. The highest BCUT2D eigenvalue weighted by Gasteiger charge is 2.08. The van der Waals surface area contributed by atoms with Crippen LogP contribution in [0.25, 0.3) is 0 Å². The van der Waals surface area contributed by atoms with Crippen LogP contribution in [0.15, 0.2) is 51.4 Å². The summed E-state index contributed by atoms with van der Waals surface area (Å²) in [4.78, 5) is 0. The van der Waals surface area contributed by atoms with Crippen LogP contribution in [0.3, 0.4) is 0 Å². The summed E-state index contributed by atoms with van der Waals surface area (Å²) >= 11 is 6.89. The van der Waals surface area contributed by atoms with Gasteiger partial charge in [-0.1, -0.05) is 18.2 Å². The second-order valence-corrected chi connectivity index (χ2v) is 6.12. The zero-order valence-corrected chi connectivity index (χ0v) is 14.6. The Hall–Kier alpha value is -1.04. The summed E-state index contributed by atoms with van der Waals surface area (Å²) in [5, 5.41) is 9.13. The van der Waals surface area contributed by atoms with Gasteiger partial charge in [-0.25, -0.2) is 0 Å². The number of hydrogen-bond donors (Lipinski definition) is 1. The summed E-state index contributed by atoms with van der Waals surface area (Å²) in [5.74, 6) is 1.61. The van der Waals surface area contributed by atoms with Crippen molar-refractivity contribution in [1.82, 2.24) is 0 Å². The van der Waals surface area contributed by atoms with Gasteiger partial charge in [-0.2, -0.15) is 0 Å². The van der Waals surface area contributed by atoms with E-state index in [0.29, 0.717) is 13.2 Å². The molecule has 0 saturated heterocycles. The van der Waals surface area contributed by atoms with Gasteiger partial charge in [0.05, 0.1) is 28.8 Å². The molecule has 2 rings (SSSR count). The van der Waals surface area contributed by atoms with E-state index in [1.807, 2.05) is 42.5 Å². The number of hydrogen-bond acceptors (Lipinski definition) is 3. The van der Waals surface area contributed by atoms with Crippen LogP contribution in [0, 0.1) is 0 Å². The van der Waals surface area contributed by atoms with Gasteiger partial charge in [0.2, 0.25) is 0 Å². The van der Waals surface area contributed by atoms with Gasteiger partial charge in [0.25, 0.3) is 0 Å². The Labute approximate surface area is 141 Å². The van der Waals surface area contributed by atoms with E-state index in [2.05, 4.69) is 31.9 Å². The van der Waals surface area contributed by atoms with Crippen LogP contribution in [-0.2, 0) is 6.61 Å². The highest BCUT2D eigenvalue weighted by molar-refractivity contribution is 9.11. The van der Waals surface area contributed by atoms with Crippen molar-refractivity contribution in [2.45, 2.75) is 13.0 Å². The Morgan fingerprint density at radius 2 is 1.52 bits per heavy atom. The van der Waals surface area contributed by atoms with E-state index in [1.165, 1.54) is 0 Å². The lowest BCUT2D eigenvalue weighted by molar-refractivity contribution is 0.245. The van der Waals surface area contributed by atoms with E-state index < -0.39 is 0 Å². The molecular formula is C16H16Br2O3. The van der Waals surface area contributed by atoms with Gasteiger partial charge in [0.1, 0.15) is 11.5 Å². The Balaban J connectivity index is 1.79. The lowest BCUT2D eigenvalue weighted by atomic mass is 10.2. The minimum Gasteiger partial charge on any atom is -0.493 e. The van der Waals surface area contributed by atoms with Crippen LogP contribution in [0.5, 0.6) is 11.5 Å². The standard InChI is InChI=1S/C16H16Br2O3/c17-14-9-12(11-19)10-15(18)16(14)21-8-4-7-20-13-5-2-1-3-6-13/h1-3,5-6,9-10,19H,4,7-8,11H2. The minimum atomic E-state index is 0.00238. The molecule has 0 aliphatic heterocycles. The summed E-state index contributed by atoms with van der Waals surface area (Å²) in [6, 6.07) is 13.4. The predicted molar refractivity (Wildman–Crippen MR) is 89.8 cm³/mol. The Morgan fingerprint density at radius 1 is 0.905 bits per heavy atom. The number of aliphatic hydroxyl groups is 1. The van der Waals surface area contributed by atoms with Crippen LogP contribution in [-0.4, -0.2) is 18.3 Å². The molecule has 3 nitrogen and oxygen atoms in total. The van der Waals surface area contributed by atoms with Crippen LogP contribution >= 0.6 is 31.9 Å². The number of para-hydroxylation sites is 1. The number of rotatable bonds is 7. The van der Waals surface area contributed by atoms with Gasteiger partial charge < -0.3 is 14.6 Å². The van der Waals surface area contributed by atoms with E-state index >= 15 is 0 Å². The third-order valence-electron chi connectivity index (χ3n) is 2.79. The van der Waals surface area contributed by atoms with E-state index in [0.717, 1.165) is 32.4 Å². The highest BCUT2D eigenvalue weighted by atomic mass is 79.9. The molecule has 1 N–H and O–H groups in total. The van der Waals surface area contributed by atoms with Gasteiger partial charge in [0, 0.05) is 6.42 Å². The molecule has 0 aliphatic carbocycles. The minimum absolute atomic E-state index is 0.00238. The fraction of sp³-hybridized carbons (Fsp3) is 0.250. The van der Waals surface area contributed by atoms with Gasteiger partial charge in [-0.3, -0.25) is 0 Å². The molecule has 0 aromatic heterocycles. The van der Waals surface area contributed by atoms with Crippen molar-refractivity contribution in [2.75, 3.05) is 13.2 Å². The maximum absolute atomic E-state index is 9.13. The molecule has 0 fully saturated rings. The third-order valence-corrected chi connectivity index (χ3v) is 3.97. The molecule has 0 saturated carbocycles. The molecule has 0 heterocycles. The smallest absolute Gasteiger partial charge is 0.147 e. The van der Waals surface area contributed by atoms with Crippen molar-refractivity contribution in [3.05, 3.63) is 57.0 Å². The van der Waals surface area contributed by atoms with Crippen molar-refractivity contribution in [3.63, 3.8) is 0 Å². The lowest BCUT2D eigenvalue weighted by Gasteiger charge is -2.12. The summed E-state index contributed by atoms with van der Waals surface area (Å²) in [6.07, 6.45) is 0.787. The molecule has 0 amide bonds. The zero-order chi connectivity index (χ0) is 15.1. The normalized spacial score (nSPS) is 10.4. The van der Waals surface area contributed by atoms with Crippen LogP contribution < -0.4 is 9.47 Å². The van der Waals surface area contributed by atoms with Crippen molar-refractivity contribution < 1.29 is 14.6 Å². The number of benzene rings is 2. The van der Waals surface area contributed by atoms with Gasteiger partial charge in [-0.15, -0.1) is 0 Å². The SMILES string of the molecule is OCc1cc(Br)c(OCCCOc2ccccc2)c(Br)c1. The van der Waals surface area contributed by atoms with Crippen LogP contribution in [0.2, 0.25) is 0 Å². The first-order chi connectivity index (χ1) is 10.2. The Bertz CT molecular complexity index is 550. The molecule has 112 valence electrons. The highest BCUT2D eigenvalue weighted by Crippen LogP contribution is 2.34. The van der Waals surface area contributed by atoms with Crippen molar-refractivity contribution in [2.24, 2.45) is 0 Å². The van der Waals surface area contributed by atoms with Gasteiger partial charge >= 0.3 is 0 Å². The average Bonchev–Trinajstić information content (AvgIpc) is 2.50. The van der Waals surface area contributed by atoms with E-state index in [-0.39, 0.29) is 6.61 Å². The fourth-order valence-electron chi connectivity index (χ4n) is 1.78. The molecule has 21 heavy (non-hydrogen) atoms. The number of halogens is 2. The Kier molecular flexibility index (Phi) is 6.54. The Morgan fingerprint density at radius 3 is 2.14 bits per heavy atom. The molecule has 0 spiro atoms. The van der Waals surface area contributed by atoms with Crippen molar-refractivity contribution in [3.8, 4) is 11.5 Å². The summed E-state index contributed by atoms with van der Waals surface area (Å²) in [7, 11) is 0. The van der Waals surface area contributed by atoms with E-state index in [9.17, 15) is 0 Å².